The van der Waals surface area contributed by atoms with E-state index in [-0.39, 0.29) is 5.41 Å². The molecule has 0 aromatic heterocycles. The number of aryl methyl sites for hydroxylation is 1. The number of methoxy groups -OCH3 is 1. The van der Waals surface area contributed by atoms with E-state index in [0.717, 1.165) is 31.8 Å². The number of rotatable bonds is 5. The fourth-order valence-electron chi connectivity index (χ4n) is 2.46. The Morgan fingerprint density at radius 3 is 2.65 bits per heavy atom. The molecule has 0 spiro atoms. The van der Waals surface area contributed by atoms with Crippen LogP contribution in [0.1, 0.15) is 24.5 Å². The van der Waals surface area contributed by atoms with Gasteiger partial charge in [0.15, 0.2) is 0 Å². The molecule has 1 aliphatic heterocycles. The van der Waals surface area contributed by atoms with Crippen LogP contribution in [0, 0.1) is 0 Å². The van der Waals surface area contributed by atoms with Gasteiger partial charge >= 0.3 is 0 Å². The lowest BCUT2D eigenvalue weighted by Gasteiger charge is -2.42. The third-order valence-corrected chi connectivity index (χ3v) is 3.65. The smallest absolute Gasteiger partial charge is 0.122 e. The summed E-state index contributed by atoms with van der Waals surface area (Å²) < 4.78 is 10.7. The molecule has 0 amide bonds. The van der Waals surface area contributed by atoms with Gasteiger partial charge in [-0.15, -0.1) is 0 Å². The number of hydrogen-bond donors (Lipinski definition) is 1. The van der Waals surface area contributed by atoms with Gasteiger partial charge in [0.05, 0.1) is 20.3 Å². The van der Waals surface area contributed by atoms with Crippen molar-refractivity contribution in [1.29, 1.82) is 0 Å². The molecule has 0 atom stereocenters. The van der Waals surface area contributed by atoms with E-state index in [1.54, 1.807) is 7.11 Å². The first-order valence-corrected chi connectivity index (χ1v) is 6.21. The highest BCUT2D eigenvalue weighted by molar-refractivity contribution is 5.41. The summed E-state index contributed by atoms with van der Waals surface area (Å²) in [6.45, 7) is 4.44. The quantitative estimate of drug-likeness (QED) is 0.847. The van der Waals surface area contributed by atoms with E-state index in [4.69, 9.17) is 15.2 Å². The first-order valence-electron chi connectivity index (χ1n) is 6.21. The molecule has 17 heavy (non-hydrogen) atoms. The normalized spacial score (nSPS) is 17.6. The molecule has 2 rings (SSSR count). The highest BCUT2D eigenvalue weighted by atomic mass is 16.5. The molecule has 0 aliphatic carbocycles. The van der Waals surface area contributed by atoms with Crippen molar-refractivity contribution in [2.75, 3.05) is 26.9 Å². The largest absolute Gasteiger partial charge is 0.496 e. The van der Waals surface area contributed by atoms with Crippen LogP contribution in [0.5, 0.6) is 5.75 Å². The number of hydrogen-bond acceptors (Lipinski definition) is 3. The SMILES string of the molecule is CCc1cc(C2(CCN)COC2)ccc1OC. The lowest BCUT2D eigenvalue weighted by Crippen LogP contribution is -2.48. The summed E-state index contributed by atoms with van der Waals surface area (Å²) in [4.78, 5) is 0. The van der Waals surface area contributed by atoms with Gasteiger partial charge in [0.2, 0.25) is 0 Å². The Hall–Kier alpha value is -1.06. The summed E-state index contributed by atoms with van der Waals surface area (Å²) in [7, 11) is 1.72. The molecule has 1 heterocycles. The van der Waals surface area contributed by atoms with Crippen LogP contribution in [0.3, 0.4) is 0 Å². The Labute approximate surface area is 103 Å². The summed E-state index contributed by atoms with van der Waals surface area (Å²) >= 11 is 0. The van der Waals surface area contributed by atoms with E-state index >= 15 is 0 Å². The summed E-state index contributed by atoms with van der Waals surface area (Å²) in [5, 5.41) is 0. The van der Waals surface area contributed by atoms with E-state index < -0.39 is 0 Å². The topological polar surface area (TPSA) is 44.5 Å². The van der Waals surface area contributed by atoms with Crippen LogP contribution in [-0.4, -0.2) is 26.9 Å². The molecule has 1 aromatic rings. The van der Waals surface area contributed by atoms with Gasteiger partial charge in [-0.05, 0) is 36.6 Å². The van der Waals surface area contributed by atoms with E-state index in [2.05, 4.69) is 25.1 Å². The molecule has 2 N–H and O–H groups in total. The monoisotopic (exact) mass is 235 g/mol. The zero-order chi connectivity index (χ0) is 12.3. The lowest BCUT2D eigenvalue weighted by molar-refractivity contribution is -0.0631. The molecule has 3 nitrogen and oxygen atoms in total. The van der Waals surface area contributed by atoms with Crippen molar-refractivity contribution in [3.05, 3.63) is 29.3 Å². The van der Waals surface area contributed by atoms with Crippen LogP contribution in [0.15, 0.2) is 18.2 Å². The molecule has 0 radical (unpaired) electrons. The minimum Gasteiger partial charge on any atom is -0.496 e. The van der Waals surface area contributed by atoms with Gasteiger partial charge in [-0.25, -0.2) is 0 Å². The molecule has 1 aliphatic rings. The fraction of sp³-hybridized carbons (Fsp3) is 0.571. The lowest BCUT2D eigenvalue weighted by atomic mass is 9.75. The number of nitrogens with two attached hydrogens (primary N) is 1. The van der Waals surface area contributed by atoms with E-state index in [1.807, 2.05) is 0 Å². The molecule has 3 heteroatoms. The Morgan fingerprint density at radius 1 is 1.41 bits per heavy atom. The third kappa shape index (κ3) is 2.17. The van der Waals surface area contributed by atoms with Crippen molar-refractivity contribution < 1.29 is 9.47 Å². The van der Waals surface area contributed by atoms with Gasteiger partial charge in [-0.2, -0.15) is 0 Å². The number of benzene rings is 1. The van der Waals surface area contributed by atoms with E-state index in [9.17, 15) is 0 Å². The second kappa shape index (κ2) is 5.07. The van der Waals surface area contributed by atoms with Crippen LogP contribution in [0.4, 0.5) is 0 Å². The molecular weight excluding hydrogens is 214 g/mol. The molecule has 0 bridgehead atoms. The average molecular weight is 235 g/mol. The first-order chi connectivity index (χ1) is 8.25. The summed E-state index contributed by atoms with van der Waals surface area (Å²) in [5.74, 6) is 0.972. The molecule has 1 saturated heterocycles. The predicted molar refractivity (Wildman–Crippen MR) is 68.5 cm³/mol. The highest BCUT2D eigenvalue weighted by Gasteiger charge is 2.39. The summed E-state index contributed by atoms with van der Waals surface area (Å²) in [6, 6.07) is 6.46. The number of ether oxygens (including phenoxy) is 2. The maximum atomic E-state index is 5.71. The Bertz CT molecular complexity index is 386. The minimum atomic E-state index is 0.144. The van der Waals surface area contributed by atoms with Crippen LogP contribution in [0.2, 0.25) is 0 Å². The van der Waals surface area contributed by atoms with Crippen molar-refractivity contribution in [2.45, 2.75) is 25.2 Å². The summed E-state index contributed by atoms with van der Waals surface area (Å²) in [5.41, 5.74) is 8.45. The molecular formula is C14H21NO2. The van der Waals surface area contributed by atoms with Gasteiger partial charge in [-0.1, -0.05) is 19.1 Å². The zero-order valence-electron chi connectivity index (χ0n) is 10.7. The predicted octanol–water partition coefficient (Wildman–Crippen LogP) is 1.87. The van der Waals surface area contributed by atoms with Crippen LogP contribution >= 0.6 is 0 Å². The second-order valence-corrected chi connectivity index (χ2v) is 4.69. The highest BCUT2D eigenvalue weighted by Crippen LogP contribution is 2.37. The van der Waals surface area contributed by atoms with Gasteiger partial charge in [0.1, 0.15) is 5.75 Å². The second-order valence-electron chi connectivity index (χ2n) is 4.69. The van der Waals surface area contributed by atoms with Gasteiger partial charge < -0.3 is 15.2 Å². The summed E-state index contributed by atoms with van der Waals surface area (Å²) in [6.07, 6.45) is 1.97. The fourth-order valence-corrected chi connectivity index (χ4v) is 2.46. The molecule has 0 saturated carbocycles. The van der Waals surface area contributed by atoms with Crippen LogP contribution in [0.25, 0.3) is 0 Å². The van der Waals surface area contributed by atoms with Crippen molar-refractivity contribution in [1.82, 2.24) is 0 Å². The van der Waals surface area contributed by atoms with Gasteiger partial charge in [-0.3, -0.25) is 0 Å². The van der Waals surface area contributed by atoms with Crippen LogP contribution in [-0.2, 0) is 16.6 Å². The molecule has 0 unspecified atom stereocenters. The van der Waals surface area contributed by atoms with Gasteiger partial charge in [0.25, 0.3) is 0 Å². The van der Waals surface area contributed by atoms with Crippen molar-refractivity contribution >= 4 is 0 Å². The Kier molecular flexibility index (Phi) is 3.69. The maximum Gasteiger partial charge on any atom is 0.122 e. The average Bonchev–Trinajstić information content (AvgIpc) is 2.33. The van der Waals surface area contributed by atoms with Crippen molar-refractivity contribution in [3.63, 3.8) is 0 Å². The third-order valence-electron chi connectivity index (χ3n) is 3.65. The Balaban J connectivity index is 2.32. The van der Waals surface area contributed by atoms with E-state index in [0.29, 0.717) is 6.54 Å². The van der Waals surface area contributed by atoms with E-state index in [1.165, 1.54) is 11.1 Å². The standard InChI is InChI=1S/C14H21NO2/c1-3-11-8-12(4-5-13(11)16-2)14(6-7-15)9-17-10-14/h4-5,8H,3,6-7,9-10,15H2,1-2H3. The zero-order valence-corrected chi connectivity index (χ0v) is 10.7. The molecule has 94 valence electrons. The molecule has 1 aromatic carbocycles. The first kappa shape index (κ1) is 12.4. The van der Waals surface area contributed by atoms with Crippen molar-refractivity contribution in [3.8, 4) is 5.75 Å². The maximum absolute atomic E-state index is 5.71. The van der Waals surface area contributed by atoms with Gasteiger partial charge in [0, 0.05) is 5.41 Å². The van der Waals surface area contributed by atoms with Crippen molar-refractivity contribution in [2.24, 2.45) is 5.73 Å². The Morgan fingerprint density at radius 2 is 2.18 bits per heavy atom. The minimum absolute atomic E-state index is 0.144. The molecule has 1 fully saturated rings. The van der Waals surface area contributed by atoms with Crippen LogP contribution < -0.4 is 10.5 Å².